The van der Waals surface area contributed by atoms with Gasteiger partial charge in [-0.05, 0) is 6.07 Å². The van der Waals surface area contributed by atoms with Crippen LogP contribution in [0.25, 0.3) is 0 Å². The van der Waals surface area contributed by atoms with Gasteiger partial charge in [0.2, 0.25) is 0 Å². The molecule has 18 heavy (non-hydrogen) atoms. The number of amides is 1. The van der Waals surface area contributed by atoms with Crippen LogP contribution in [0, 0.1) is 15.9 Å². The zero-order valence-corrected chi connectivity index (χ0v) is 9.47. The van der Waals surface area contributed by atoms with Crippen molar-refractivity contribution >= 4 is 11.6 Å². The van der Waals surface area contributed by atoms with Gasteiger partial charge in [-0.25, -0.2) is 4.39 Å². The number of nitro groups is 1. The van der Waals surface area contributed by atoms with Crippen molar-refractivity contribution in [2.45, 2.75) is 0 Å². The molecule has 0 bridgehead atoms. The van der Waals surface area contributed by atoms with Crippen LogP contribution in [0.4, 0.5) is 10.1 Å². The van der Waals surface area contributed by atoms with Crippen LogP contribution in [-0.2, 0) is 4.74 Å². The molecule has 1 fully saturated rings. The second kappa shape index (κ2) is 5.09. The minimum absolute atomic E-state index is 0.150. The number of rotatable bonds is 2. The largest absolute Gasteiger partial charge is 0.378 e. The second-order valence-electron chi connectivity index (χ2n) is 3.83. The molecule has 1 saturated heterocycles. The van der Waals surface area contributed by atoms with Gasteiger partial charge in [-0.1, -0.05) is 0 Å². The molecule has 0 aromatic heterocycles. The molecule has 2 rings (SSSR count). The lowest BCUT2D eigenvalue weighted by Gasteiger charge is -2.26. The van der Waals surface area contributed by atoms with Gasteiger partial charge in [0.05, 0.1) is 29.8 Å². The zero-order valence-electron chi connectivity index (χ0n) is 9.47. The molecule has 1 aliphatic heterocycles. The number of halogens is 1. The molecule has 0 spiro atoms. The number of nitro benzene ring substituents is 1. The minimum Gasteiger partial charge on any atom is -0.378 e. The zero-order chi connectivity index (χ0) is 13.1. The first-order valence-corrected chi connectivity index (χ1v) is 5.40. The van der Waals surface area contributed by atoms with Gasteiger partial charge >= 0.3 is 0 Å². The number of morpholine rings is 1. The number of non-ortho nitro benzene ring substituents is 1. The van der Waals surface area contributed by atoms with Crippen LogP contribution in [0.5, 0.6) is 0 Å². The lowest BCUT2D eigenvalue weighted by molar-refractivity contribution is -0.385. The first-order chi connectivity index (χ1) is 8.59. The molecule has 0 unspecified atom stereocenters. The van der Waals surface area contributed by atoms with E-state index in [0.29, 0.717) is 26.3 Å². The first kappa shape index (κ1) is 12.4. The van der Waals surface area contributed by atoms with Crippen LogP contribution in [-0.4, -0.2) is 42.0 Å². The smallest absolute Gasteiger partial charge is 0.272 e. The van der Waals surface area contributed by atoms with E-state index in [1.54, 1.807) is 0 Å². The summed E-state index contributed by atoms with van der Waals surface area (Å²) in [6.07, 6.45) is 0. The average molecular weight is 254 g/mol. The molecule has 0 atom stereocenters. The Balaban J connectivity index is 2.22. The maximum atomic E-state index is 13.6. The molecule has 6 nitrogen and oxygen atoms in total. The van der Waals surface area contributed by atoms with Gasteiger partial charge < -0.3 is 9.64 Å². The number of carbonyl (C=O) groups is 1. The molecule has 0 N–H and O–H groups in total. The van der Waals surface area contributed by atoms with Crippen molar-refractivity contribution in [3.05, 3.63) is 39.7 Å². The number of nitrogens with zero attached hydrogens (tertiary/aromatic N) is 2. The number of carbonyl (C=O) groups excluding carboxylic acids is 1. The molecule has 0 saturated carbocycles. The third-order valence-electron chi connectivity index (χ3n) is 2.69. The van der Waals surface area contributed by atoms with Crippen molar-refractivity contribution in [2.24, 2.45) is 0 Å². The summed E-state index contributed by atoms with van der Waals surface area (Å²) in [5.41, 5.74) is -0.520. The Kier molecular flexibility index (Phi) is 3.52. The third kappa shape index (κ3) is 2.45. The van der Waals surface area contributed by atoms with E-state index in [1.807, 2.05) is 0 Å². The highest BCUT2D eigenvalue weighted by Gasteiger charge is 2.22. The van der Waals surface area contributed by atoms with Gasteiger partial charge in [0.1, 0.15) is 5.82 Å². The van der Waals surface area contributed by atoms with Crippen molar-refractivity contribution in [2.75, 3.05) is 26.3 Å². The van der Waals surface area contributed by atoms with Crippen molar-refractivity contribution in [3.63, 3.8) is 0 Å². The molecule has 1 aromatic rings. The van der Waals surface area contributed by atoms with Crippen molar-refractivity contribution in [3.8, 4) is 0 Å². The minimum atomic E-state index is -0.874. The Morgan fingerprint density at radius 1 is 1.39 bits per heavy atom. The topological polar surface area (TPSA) is 72.7 Å². The highest BCUT2D eigenvalue weighted by Crippen LogP contribution is 2.18. The number of benzene rings is 1. The summed E-state index contributed by atoms with van der Waals surface area (Å²) >= 11 is 0. The molecule has 96 valence electrons. The van der Waals surface area contributed by atoms with Crippen LogP contribution in [0.15, 0.2) is 18.2 Å². The SMILES string of the molecule is O=C(c1ccc([N+](=O)[O-])cc1F)N1CCOCC1. The predicted octanol–water partition coefficient (Wildman–Crippen LogP) is 1.21. The van der Waals surface area contributed by atoms with E-state index in [0.717, 1.165) is 18.2 Å². The number of hydrogen-bond acceptors (Lipinski definition) is 4. The monoisotopic (exact) mass is 254 g/mol. The van der Waals surface area contributed by atoms with Crippen LogP contribution < -0.4 is 0 Å². The predicted molar refractivity (Wildman–Crippen MR) is 59.8 cm³/mol. The summed E-state index contributed by atoms with van der Waals surface area (Å²) in [6, 6.07) is 3.02. The number of hydrogen-bond donors (Lipinski definition) is 0. The molecular formula is C11H11FN2O4. The molecule has 0 radical (unpaired) electrons. The van der Waals surface area contributed by atoms with Crippen molar-refractivity contribution < 1.29 is 18.8 Å². The van der Waals surface area contributed by atoms with E-state index in [2.05, 4.69) is 0 Å². The van der Waals surface area contributed by atoms with Gasteiger partial charge in [-0.15, -0.1) is 0 Å². The Bertz CT molecular complexity index is 486. The lowest BCUT2D eigenvalue weighted by atomic mass is 10.1. The molecule has 7 heteroatoms. The van der Waals surface area contributed by atoms with E-state index >= 15 is 0 Å². The van der Waals surface area contributed by atoms with E-state index in [1.165, 1.54) is 4.90 Å². The summed E-state index contributed by atoms with van der Waals surface area (Å²) in [5, 5.41) is 10.5. The standard InChI is InChI=1S/C11H11FN2O4/c12-10-7-8(14(16)17)1-2-9(10)11(15)13-3-5-18-6-4-13/h1-2,7H,3-6H2. The van der Waals surface area contributed by atoms with Gasteiger partial charge in [-0.3, -0.25) is 14.9 Å². The highest BCUT2D eigenvalue weighted by atomic mass is 19.1. The Hall–Kier alpha value is -2.02. The maximum absolute atomic E-state index is 13.6. The van der Waals surface area contributed by atoms with Crippen molar-refractivity contribution in [1.29, 1.82) is 0 Å². The van der Waals surface area contributed by atoms with Gasteiger partial charge in [-0.2, -0.15) is 0 Å². The first-order valence-electron chi connectivity index (χ1n) is 5.40. The summed E-state index contributed by atoms with van der Waals surface area (Å²) in [4.78, 5) is 23.2. The molecular weight excluding hydrogens is 243 g/mol. The maximum Gasteiger partial charge on any atom is 0.272 e. The highest BCUT2D eigenvalue weighted by molar-refractivity contribution is 5.94. The van der Waals surface area contributed by atoms with Crippen LogP contribution in [0.3, 0.4) is 0 Å². The van der Waals surface area contributed by atoms with E-state index in [9.17, 15) is 19.3 Å². The second-order valence-corrected chi connectivity index (χ2v) is 3.83. The van der Waals surface area contributed by atoms with Crippen LogP contribution in [0.1, 0.15) is 10.4 Å². The summed E-state index contributed by atoms with van der Waals surface area (Å²) in [7, 11) is 0. The fourth-order valence-electron chi connectivity index (χ4n) is 1.73. The van der Waals surface area contributed by atoms with Crippen LogP contribution >= 0.6 is 0 Å². The summed E-state index contributed by atoms with van der Waals surface area (Å²) in [5.74, 6) is -1.34. The summed E-state index contributed by atoms with van der Waals surface area (Å²) < 4.78 is 18.7. The van der Waals surface area contributed by atoms with E-state index in [4.69, 9.17) is 4.74 Å². The Labute approximate surface area is 102 Å². The quantitative estimate of drug-likeness (QED) is 0.587. The van der Waals surface area contributed by atoms with E-state index < -0.39 is 16.6 Å². The fourth-order valence-corrected chi connectivity index (χ4v) is 1.73. The van der Waals surface area contributed by atoms with Crippen LogP contribution in [0.2, 0.25) is 0 Å². The normalized spacial score (nSPS) is 15.5. The van der Waals surface area contributed by atoms with Gasteiger partial charge in [0.15, 0.2) is 0 Å². The average Bonchev–Trinajstić information content (AvgIpc) is 2.38. The van der Waals surface area contributed by atoms with Crippen molar-refractivity contribution in [1.82, 2.24) is 4.90 Å². The van der Waals surface area contributed by atoms with Gasteiger partial charge in [0.25, 0.3) is 11.6 Å². The molecule has 1 heterocycles. The Morgan fingerprint density at radius 2 is 2.06 bits per heavy atom. The van der Waals surface area contributed by atoms with E-state index in [-0.39, 0.29) is 11.3 Å². The summed E-state index contributed by atoms with van der Waals surface area (Å²) in [6.45, 7) is 1.63. The molecule has 1 amide bonds. The molecule has 1 aliphatic rings. The molecule has 0 aliphatic carbocycles. The molecule has 1 aromatic carbocycles. The third-order valence-corrected chi connectivity index (χ3v) is 2.69. The number of ether oxygens (including phenoxy) is 1. The Morgan fingerprint density at radius 3 is 2.61 bits per heavy atom. The fraction of sp³-hybridized carbons (Fsp3) is 0.364. The lowest BCUT2D eigenvalue weighted by Crippen LogP contribution is -2.41. The van der Waals surface area contributed by atoms with Gasteiger partial charge in [0, 0.05) is 19.2 Å².